The number of carbonyl (C=O) groups is 2. The van der Waals surface area contributed by atoms with Crippen molar-refractivity contribution in [3.05, 3.63) is 35.3 Å². The van der Waals surface area contributed by atoms with Crippen LogP contribution in [0.15, 0.2) is 34.0 Å². The van der Waals surface area contributed by atoms with E-state index in [0.29, 0.717) is 11.3 Å². The van der Waals surface area contributed by atoms with Crippen molar-refractivity contribution in [1.29, 1.82) is 0 Å². The summed E-state index contributed by atoms with van der Waals surface area (Å²) in [5.74, 6) is -2.59. The van der Waals surface area contributed by atoms with E-state index < -0.39 is 81.6 Å². The van der Waals surface area contributed by atoms with Gasteiger partial charge in [0.15, 0.2) is 11.9 Å². The molecule has 4 aliphatic rings. The van der Waals surface area contributed by atoms with Crippen LogP contribution in [0, 0.1) is 110 Å². The molecular formula is C32H46Ac2O11. The Morgan fingerprint density at radius 2 is 1.80 bits per heavy atom. The summed E-state index contributed by atoms with van der Waals surface area (Å²) in [5, 5.41) is 48.0. The number of methoxy groups -OCH3 is 1. The van der Waals surface area contributed by atoms with E-state index >= 15 is 0 Å². The zero-order valence-electron chi connectivity index (χ0n) is 27.4. The van der Waals surface area contributed by atoms with E-state index in [9.17, 15) is 30.0 Å². The molecule has 0 spiro atoms. The average Bonchev–Trinajstić information content (AvgIpc) is 3.50. The number of aliphatic hydroxyl groups is 4. The van der Waals surface area contributed by atoms with Crippen molar-refractivity contribution in [3.63, 3.8) is 0 Å². The van der Waals surface area contributed by atoms with Gasteiger partial charge in [0.05, 0.1) is 42.0 Å². The van der Waals surface area contributed by atoms with E-state index in [1.807, 2.05) is 0 Å². The van der Waals surface area contributed by atoms with Crippen molar-refractivity contribution in [3.8, 4) is 0 Å². The summed E-state index contributed by atoms with van der Waals surface area (Å²) in [7, 11) is 1.47. The second-order valence-electron chi connectivity index (χ2n) is 13.9. The molecule has 1 aromatic heterocycles. The zero-order chi connectivity index (χ0) is 31.9. The Balaban J connectivity index is 0.00000276. The fourth-order valence-electron chi connectivity index (χ4n) is 8.95. The van der Waals surface area contributed by atoms with Gasteiger partial charge in [-0.15, -0.1) is 0 Å². The largest absolute Gasteiger partial charge is 0.469 e. The fraction of sp³-hybridized carbons (Fsp3) is 0.750. The van der Waals surface area contributed by atoms with Crippen molar-refractivity contribution in [1.82, 2.24) is 0 Å². The molecule has 2 radical (unpaired) electrons. The minimum absolute atomic E-state index is 0. The molecule has 5 rings (SSSR count). The summed E-state index contributed by atoms with van der Waals surface area (Å²) >= 11 is 0. The summed E-state index contributed by atoms with van der Waals surface area (Å²) in [6.45, 7) is 11.9. The van der Waals surface area contributed by atoms with Gasteiger partial charge in [-0.2, -0.15) is 0 Å². The Hall–Kier alpha value is 0.763. The molecule has 3 fully saturated rings. The first-order chi connectivity index (χ1) is 19.9. The topological polar surface area (TPSA) is 165 Å². The number of fused-ring (bicyclic) bond motifs is 5. The van der Waals surface area contributed by atoms with E-state index in [0.717, 1.165) is 0 Å². The van der Waals surface area contributed by atoms with Crippen LogP contribution in [0.25, 0.3) is 0 Å². The third kappa shape index (κ3) is 5.52. The summed E-state index contributed by atoms with van der Waals surface area (Å²) in [5.41, 5.74) is -6.59. The number of hydrogen-bond donors (Lipinski definition) is 4. The Morgan fingerprint density at radius 1 is 1.16 bits per heavy atom. The third-order valence-corrected chi connectivity index (χ3v) is 12.2. The zero-order valence-corrected chi connectivity index (χ0v) is 36.9. The van der Waals surface area contributed by atoms with Crippen LogP contribution in [0.2, 0.25) is 0 Å². The number of rotatable bonds is 7. The molecule has 11 atom stereocenters. The van der Waals surface area contributed by atoms with Crippen molar-refractivity contribution >= 4 is 11.8 Å². The number of Topliss-reactive ketones (excluding diaryl/α,β-unsaturated/α-hetero) is 1. The van der Waals surface area contributed by atoms with Crippen LogP contribution in [-0.2, 0) is 28.5 Å². The van der Waals surface area contributed by atoms with Gasteiger partial charge in [0.2, 0.25) is 0 Å². The normalized spacial score (nSPS) is 41.5. The van der Waals surface area contributed by atoms with Gasteiger partial charge in [0.25, 0.3) is 0 Å². The summed E-state index contributed by atoms with van der Waals surface area (Å²) < 4.78 is 28.3. The van der Waals surface area contributed by atoms with Gasteiger partial charge < -0.3 is 43.8 Å². The minimum atomic E-state index is -1.71. The minimum Gasteiger partial charge on any atom is -0.469 e. The van der Waals surface area contributed by atoms with Gasteiger partial charge >= 0.3 is 5.97 Å². The number of esters is 1. The summed E-state index contributed by atoms with van der Waals surface area (Å²) in [6.07, 6.45) is -4.26. The molecule has 1 aromatic rings. The Labute approximate surface area is 336 Å². The predicted molar refractivity (Wildman–Crippen MR) is 152 cm³/mol. The van der Waals surface area contributed by atoms with Gasteiger partial charge in [-0.1, -0.05) is 34.6 Å². The first-order valence-corrected chi connectivity index (χ1v) is 15.0. The molecule has 2 bridgehead atoms. The molecule has 0 amide bonds. The molecule has 0 aromatic carbocycles. The molecule has 11 nitrogen and oxygen atoms in total. The molecule has 7 unspecified atom stereocenters. The maximum atomic E-state index is 14.7. The SMILES string of the molecule is COCOC1CC2OC[C@@]2(O)C2(C)[C@H](C)C3(O)CC(OC(=O)C(O)[C@@H](C)c4ccco4)C(C)=C(C(O)C(=O)[C@]12C)C3(C)C.[Ac].[Ac]. The molecule has 2 heterocycles. The maximum absolute atomic E-state index is 14.7. The number of aliphatic hydroxyl groups excluding tert-OH is 2. The first kappa shape index (κ1) is 40.2. The predicted octanol–water partition coefficient (Wildman–Crippen LogP) is 2.25. The Bertz CT molecular complexity index is 1300. The molecule has 246 valence electrons. The van der Waals surface area contributed by atoms with Crippen LogP contribution >= 0.6 is 0 Å². The van der Waals surface area contributed by atoms with Gasteiger partial charge in [0, 0.05) is 119 Å². The van der Waals surface area contributed by atoms with Crippen LogP contribution in [0.1, 0.15) is 73.0 Å². The van der Waals surface area contributed by atoms with Gasteiger partial charge in [-0.05, 0) is 43.0 Å². The Kier molecular flexibility index (Phi) is 12.3. The Morgan fingerprint density at radius 3 is 2.33 bits per heavy atom. The average molecular weight is 1060 g/mol. The number of ether oxygens (including phenoxy) is 4. The van der Waals surface area contributed by atoms with E-state index in [1.54, 1.807) is 60.6 Å². The molecule has 4 N–H and O–H groups in total. The number of ketones is 1. The van der Waals surface area contributed by atoms with Crippen LogP contribution < -0.4 is 0 Å². The molecule has 1 aliphatic heterocycles. The smallest absolute Gasteiger partial charge is 0.336 e. The fourth-order valence-corrected chi connectivity index (χ4v) is 8.95. The first-order valence-electron chi connectivity index (χ1n) is 15.0. The van der Waals surface area contributed by atoms with Crippen molar-refractivity contribution in [2.24, 2.45) is 22.2 Å². The molecule has 3 aliphatic carbocycles. The second kappa shape index (κ2) is 13.8. The summed E-state index contributed by atoms with van der Waals surface area (Å²) in [4.78, 5) is 28.0. The maximum Gasteiger partial charge on any atom is 0.336 e. The van der Waals surface area contributed by atoms with Crippen LogP contribution in [0.5, 0.6) is 0 Å². The summed E-state index contributed by atoms with van der Waals surface area (Å²) in [6, 6.07) is 3.30. The van der Waals surface area contributed by atoms with E-state index in [4.69, 9.17) is 23.4 Å². The van der Waals surface area contributed by atoms with Gasteiger partial charge in [-0.25, -0.2) is 4.79 Å². The second-order valence-corrected chi connectivity index (χ2v) is 13.9. The molecule has 45 heavy (non-hydrogen) atoms. The third-order valence-electron chi connectivity index (χ3n) is 12.2. The van der Waals surface area contributed by atoms with Gasteiger partial charge in [-0.3, -0.25) is 4.79 Å². The van der Waals surface area contributed by atoms with E-state index in [1.165, 1.54) is 13.4 Å². The molecular weight excluding hydrogens is 1010 g/mol. The van der Waals surface area contributed by atoms with E-state index in [-0.39, 0.29) is 120 Å². The molecule has 2 saturated carbocycles. The van der Waals surface area contributed by atoms with Crippen LogP contribution in [0.3, 0.4) is 0 Å². The number of hydrogen-bond acceptors (Lipinski definition) is 11. The standard InChI is InChI=1S/C32H46O11.2Ac/c1-16-20(43-27(36)24(33)17(2)19-10-9-11-40-19)13-31(37)18(3)30(7)29(6,26(35)25(34)23(16)28(31,4)5)21(42-15-39-8)12-22-32(30,38)14-41-22;;/h9-11,17-18,20-22,24-25,33-34,37-38H,12-15H2,1-8H3;;/t17-,18-,20?,21?,22?,24?,25?,29-,30?,31?,32-;;/m0../s1. The van der Waals surface area contributed by atoms with Gasteiger partial charge in [0.1, 0.15) is 30.4 Å². The van der Waals surface area contributed by atoms with Crippen molar-refractivity contribution in [2.75, 3.05) is 20.5 Å². The van der Waals surface area contributed by atoms with Crippen LogP contribution in [0.4, 0.5) is 0 Å². The number of carbonyl (C=O) groups excluding carboxylic acids is 2. The quantitative estimate of drug-likeness (QED) is 0.180. The molecule has 1 saturated heterocycles. The van der Waals surface area contributed by atoms with Crippen molar-refractivity contribution in [2.45, 2.75) is 109 Å². The monoisotopic (exact) mass is 1060 g/mol. The molecule has 13 heteroatoms. The number of furan rings is 1. The van der Waals surface area contributed by atoms with Crippen molar-refractivity contribution < 1.29 is 142 Å². The van der Waals surface area contributed by atoms with Crippen LogP contribution in [-0.4, -0.2) is 94.4 Å². The van der Waals surface area contributed by atoms with E-state index in [2.05, 4.69) is 0 Å².